The molecule has 24 heavy (non-hydrogen) atoms. The molecule has 0 spiro atoms. The van der Waals surface area contributed by atoms with Crippen molar-refractivity contribution in [3.63, 3.8) is 0 Å². The first-order valence-electron chi connectivity index (χ1n) is 8.41. The fraction of sp³-hybridized carbons (Fsp3) is 0.471. The highest BCUT2D eigenvalue weighted by Crippen LogP contribution is 2.36. The minimum Gasteiger partial charge on any atom is -0.276 e. The van der Waals surface area contributed by atoms with E-state index >= 15 is 0 Å². The Hall–Kier alpha value is -1.53. The summed E-state index contributed by atoms with van der Waals surface area (Å²) in [5, 5.41) is 10.8. The molecule has 3 aromatic rings. The van der Waals surface area contributed by atoms with Crippen LogP contribution in [0.4, 0.5) is 0 Å². The van der Waals surface area contributed by atoms with Crippen molar-refractivity contribution in [2.75, 3.05) is 5.75 Å². The molecular weight excluding hydrogens is 344 g/mol. The van der Waals surface area contributed by atoms with E-state index in [1.165, 1.54) is 25.7 Å². The van der Waals surface area contributed by atoms with Crippen LogP contribution in [0.1, 0.15) is 25.7 Å². The second-order valence-electron chi connectivity index (χ2n) is 6.87. The first kappa shape index (κ1) is 14.8. The van der Waals surface area contributed by atoms with Gasteiger partial charge < -0.3 is 0 Å². The smallest absolute Gasteiger partial charge is 0.262 e. The van der Waals surface area contributed by atoms with E-state index in [2.05, 4.69) is 10.2 Å². The first-order valence-corrected chi connectivity index (χ1v) is 9.77. The van der Waals surface area contributed by atoms with Crippen LogP contribution in [-0.4, -0.2) is 24.9 Å². The monoisotopic (exact) mass is 360 g/mol. The molecule has 5 nitrogen and oxygen atoms in total. The van der Waals surface area contributed by atoms with Crippen LogP contribution in [-0.2, 0) is 6.54 Å². The molecule has 2 heterocycles. The molecule has 2 fully saturated rings. The van der Waals surface area contributed by atoms with Gasteiger partial charge in [-0.2, -0.15) is 0 Å². The Bertz CT molecular complexity index is 1000. The first-order chi connectivity index (χ1) is 11.7. The number of fused-ring (bicyclic) bond motifs is 3. The lowest BCUT2D eigenvalue weighted by atomic mass is 10.2. The lowest BCUT2D eigenvalue weighted by molar-refractivity contribution is 0.614. The number of halogens is 1. The van der Waals surface area contributed by atoms with Crippen LogP contribution in [0.3, 0.4) is 0 Å². The zero-order chi connectivity index (χ0) is 16.3. The third-order valence-corrected chi connectivity index (χ3v) is 6.29. The Morgan fingerprint density at radius 1 is 1.17 bits per heavy atom. The van der Waals surface area contributed by atoms with Crippen molar-refractivity contribution in [1.29, 1.82) is 0 Å². The number of benzene rings is 1. The maximum atomic E-state index is 13.0. The van der Waals surface area contributed by atoms with Gasteiger partial charge in [-0.15, -0.1) is 10.2 Å². The maximum Gasteiger partial charge on any atom is 0.262 e. The van der Waals surface area contributed by atoms with E-state index in [0.29, 0.717) is 22.1 Å². The average molecular weight is 361 g/mol. The van der Waals surface area contributed by atoms with Gasteiger partial charge in [0.05, 0.1) is 15.9 Å². The van der Waals surface area contributed by atoms with E-state index in [1.54, 1.807) is 16.3 Å². The van der Waals surface area contributed by atoms with E-state index in [1.807, 2.05) is 22.6 Å². The highest BCUT2D eigenvalue weighted by Gasteiger charge is 2.27. The molecule has 1 aromatic carbocycles. The Morgan fingerprint density at radius 2 is 1.96 bits per heavy atom. The molecule has 0 N–H and O–H groups in total. The molecule has 124 valence electrons. The number of para-hydroxylation sites is 1. The molecule has 0 aliphatic heterocycles. The van der Waals surface area contributed by atoms with Crippen molar-refractivity contribution in [1.82, 2.24) is 19.2 Å². The van der Waals surface area contributed by atoms with Crippen LogP contribution in [0.25, 0.3) is 16.7 Å². The van der Waals surface area contributed by atoms with Gasteiger partial charge in [0.1, 0.15) is 0 Å². The second kappa shape index (κ2) is 5.49. The van der Waals surface area contributed by atoms with Crippen molar-refractivity contribution in [3.05, 3.63) is 33.6 Å². The van der Waals surface area contributed by atoms with E-state index in [4.69, 9.17) is 11.6 Å². The number of thioether (sulfide) groups is 1. The van der Waals surface area contributed by atoms with Gasteiger partial charge in [-0.05, 0) is 49.7 Å². The van der Waals surface area contributed by atoms with Crippen molar-refractivity contribution in [3.8, 4) is 0 Å². The maximum absolute atomic E-state index is 13.0. The van der Waals surface area contributed by atoms with Gasteiger partial charge in [0.25, 0.3) is 5.56 Å². The zero-order valence-corrected chi connectivity index (χ0v) is 14.7. The fourth-order valence-electron chi connectivity index (χ4n) is 3.08. The van der Waals surface area contributed by atoms with E-state index in [-0.39, 0.29) is 5.56 Å². The predicted octanol–water partition coefficient (Wildman–Crippen LogP) is 3.61. The molecule has 2 aliphatic carbocycles. The number of aromatic nitrogens is 4. The summed E-state index contributed by atoms with van der Waals surface area (Å²) in [5.74, 6) is 3.05. The van der Waals surface area contributed by atoms with E-state index in [9.17, 15) is 4.79 Å². The summed E-state index contributed by atoms with van der Waals surface area (Å²) in [6.07, 6.45) is 4.97. The molecule has 0 atom stereocenters. The van der Waals surface area contributed by atoms with E-state index < -0.39 is 0 Å². The summed E-state index contributed by atoms with van der Waals surface area (Å²) in [6.45, 7) is 0.718. The number of hydrogen-bond acceptors (Lipinski definition) is 4. The fourth-order valence-corrected chi connectivity index (χ4v) is 4.46. The van der Waals surface area contributed by atoms with Crippen molar-refractivity contribution >= 4 is 40.0 Å². The molecule has 0 amide bonds. The van der Waals surface area contributed by atoms with Gasteiger partial charge in [0.15, 0.2) is 5.16 Å². The molecule has 2 saturated carbocycles. The summed E-state index contributed by atoms with van der Waals surface area (Å²) < 4.78 is 3.76. The summed E-state index contributed by atoms with van der Waals surface area (Å²) in [7, 11) is 0. The molecule has 0 saturated heterocycles. The molecule has 0 bridgehead atoms. The van der Waals surface area contributed by atoms with Crippen LogP contribution in [0.2, 0.25) is 5.02 Å². The molecule has 0 radical (unpaired) electrons. The van der Waals surface area contributed by atoms with Gasteiger partial charge in [0.2, 0.25) is 5.78 Å². The largest absolute Gasteiger partial charge is 0.276 e. The SMILES string of the molecule is O=c1c2cccc(Cl)c2n2c(SCC3CC3)nnc2n1CC1CC1. The minimum absolute atomic E-state index is 0.0157. The number of rotatable bonds is 5. The number of hydrogen-bond donors (Lipinski definition) is 0. The van der Waals surface area contributed by atoms with E-state index in [0.717, 1.165) is 28.9 Å². The Labute approximate surface area is 148 Å². The van der Waals surface area contributed by atoms with Gasteiger partial charge in [0, 0.05) is 12.3 Å². The van der Waals surface area contributed by atoms with Crippen molar-refractivity contribution in [2.45, 2.75) is 37.4 Å². The summed E-state index contributed by atoms with van der Waals surface area (Å²) >= 11 is 8.16. The van der Waals surface area contributed by atoms with Crippen LogP contribution >= 0.6 is 23.4 Å². The number of nitrogens with zero attached hydrogens (tertiary/aromatic N) is 4. The normalized spacial score (nSPS) is 17.9. The van der Waals surface area contributed by atoms with Crippen molar-refractivity contribution < 1.29 is 0 Å². The van der Waals surface area contributed by atoms with Crippen LogP contribution < -0.4 is 5.56 Å². The van der Waals surface area contributed by atoms with Gasteiger partial charge >= 0.3 is 0 Å². The predicted molar refractivity (Wildman–Crippen MR) is 95.9 cm³/mol. The van der Waals surface area contributed by atoms with Gasteiger partial charge in [-0.25, -0.2) is 0 Å². The van der Waals surface area contributed by atoms with Crippen LogP contribution in [0.5, 0.6) is 0 Å². The third-order valence-electron chi connectivity index (χ3n) is 4.83. The molecule has 7 heteroatoms. The van der Waals surface area contributed by atoms with Gasteiger partial charge in [-0.3, -0.25) is 13.8 Å². The van der Waals surface area contributed by atoms with Crippen LogP contribution in [0.15, 0.2) is 28.2 Å². The Kier molecular flexibility index (Phi) is 3.38. The topological polar surface area (TPSA) is 52.2 Å². The minimum atomic E-state index is -0.0157. The lowest BCUT2D eigenvalue weighted by Gasteiger charge is -2.11. The highest BCUT2D eigenvalue weighted by molar-refractivity contribution is 7.99. The third kappa shape index (κ3) is 2.43. The summed E-state index contributed by atoms with van der Waals surface area (Å²) in [6, 6.07) is 5.51. The molecular formula is C17H17ClN4OS. The average Bonchev–Trinajstić information content (AvgIpc) is 3.50. The molecule has 2 aliphatic rings. The second-order valence-corrected chi connectivity index (χ2v) is 8.26. The molecule has 2 aromatic heterocycles. The lowest BCUT2D eigenvalue weighted by Crippen LogP contribution is -2.24. The van der Waals surface area contributed by atoms with Crippen LogP contribution in [0, 0.1) is 11.8 Å². The molecule has 0 unspecified atom stereocenters. The Morgan fingerprint density at radius 3 is 2.71 bits per heavy atom. The highest BCUT2D eigenvalue weighted by atomic mass is 35.5. The summed E-state index contributed by atoms with van der Waals surface area (Å²) in [5.41, 5.74) is 0.715. The Balaban J connectivity index is 1.77. The summed E-state index contributed by atoms with van der Waals surface area (Å²) in [4.78, 5) is 13.0. The van der Waals surface area contributed by atoms with Gasteiger partial charge in [-0.1, -0.05) is 29.4 Å². The standard InChI is InChI=1S/C17H17ClN4OS/c18-13-3-1-2-12-14(13)22-16(21(15(12)23)8-10-4-5-10)19-20-17(22)24-9-11-6-7-11/h1-3,10-11H,4-9H2. The molecule has 5 rings (SSSR count). The quantitative estimate of drug-likeness (QED) is 0.652. The van der Waals surface area contributed by atoms with Crippen molar-refractivity contribution in [2.24, 2.45) is 11.8 Å². The zero-order valence-electron chi connectivity index (χ0n) is 13.1.